The van der Waals surface area contributed by atoms with Gasteiger partial charge in [-0.2, -0.15) is 10.4 Å². The number of sulfone groups is 1. The molecule has 0 fully saturated rings. The minimum Gasteiger partial charge on any atom is -0.282 e. The van der Waals surface area contributed by atoms with E-state index in [-0.39, 0.29) is 22.5 Å². The highest BCUT2D eigenvalue weighted by atomic mass is 127. The van der Waals surface area contributed by atoms with Crippen molar-refractivity contribution >= 4 is 62.0 Å². The van der Waals surface area contributed by atoms with Crippen LogP contribution in [0, 0.1) is 24.1 Å². The highest BCUT2D eigenvalue weighted by molar-refractivity contribution is 14.2. The first-order chi connectivity index (χ1) is 13.7. The number of hydrogen-bond donors (Lipinski definition) is 0. The van der Waals surface area contributed by atoms with E-state index in [0.29, 0.717) is 10.9 Å². The molecule has 0 spiro atoms. The van der Waals surface area contributed by atoms with E-state index in [9.17, 15) is 12.8 Å². The molecule has 0 aliphatic carbocycles. The zero-order valence-corrected chi connectivity index (χ0v) is 19.1. The second-order valence-electron chi connectivity index (χ2n) is 6.72. The lowest BCUT2D eigenvalue weighted by Gasteiger charge is -2.13. The molecule has 0 N–H and O–H groups in total. The minimum atomic E-state index is -3.49. The standard InChI is InChI=1S/C19H14FIN4O2S2/c1-11-7-16(29(2,26)27)15(14-5-6-25(28-21)19(11)14)10-24-9-13-4-3-12(8-22)17(20)18(13)23-24/h3-7,9H,10H2,1-2H3. The quantitative estimate of drug-likeness (QED) is 0.354. The highest BCUT2D eigenvalue weighted by Crippen LogP contribution is 2.34. The van der Waals surface area contributed by atoms with Crippen molar-refractivity contribution in [1.29, 1.82) is 5.26 Å². The molecule has 0 aliphatic heterocycles. The lowest BCUT2D eigenvalue weighted by atomic mass is 10.1. The van der Waals surface area contributed by atoms with Gasteiger partial charge in [-0.05, 0) is 36.8 Å². The van der Waals surface area contributed by atoms with Crippen molar-refractivity contribution in [3.8, 4) is 6.07 Å². The van der Waals surface area contributed by atoms with Crippen LogP contribution >= 0.6 is 30.3 Å². The van der Waals surface area contributed by atoms with E-state index in [1.165, 1.54) is 26.1 Å². The Hall–Kier alpha value is -2.10. The number of nitriles is 1. The van der Waals surface area contributed by atoms with E-state index < -0.39 is 15.7 Å². The predicted octanol–water partition coefficient (Wildman–Crippen LogP) is 4.61. The van der Waals surface area contributed by atoms with E-state index in [1.807, 2.05) is 23.2 Å². The number of halogens is 2. The van der Waals surface area contributed by atoms with Gasteiger partial charge in [0.2, 0.25) is 0 Å². The number of hydrogen-bond acceptors (Lipinski definition) is 5. The van der Waals surface area contributed by atoms with Gasteiger partial charge in [0, 0.05) is 65.3 Å². The van der Waals surface area contributed by atoms with Crippen LogP contribution in [-0.2, 0) is 16.4 Å². The summed E-state index contributed by atoms with van der Waals surface area (Å²) < 4.78 is 42.9. The summed E-state index contributed by atoms with van der Waals surface area (Å²) in [5, 5.41) is 14.7. The number of benzene rings is 2. The van der Waals surface area contributed by atoms with Crippen LogP contribution in [0.25, 0.3) is 21.8 Å². The van der Waals surface area contributed by atoms with Crippen LogP contribution in [-0.4, -0.2) is 28.4 Å². The van der Waals surface area contributed by atoms with Crippen molar-refractivity contribution < 1.29 is 12.8 Å². The largest absolute Gasteiger partial charge is 0.282 e. The zero-order chi connectivity index (χ0) is 20.9. The van der Waals surface area contributed by atoms with Gasteiger partial charge >= 0.3 is 0 Å². The summed E-state index contributed by atoms with van der Waals surface area (Å²) in [7, 11) is -2.00. The highest BCUT2D eigenvalue weighted by Gasteiger charge is 2.21. The van der Waals surface area contributed by atoms with Crippen molar-refractivity contribution in [3.63, 3.8) is 0 Å². The van der Waals surface area contributed by atoms with Gasteiger partial charge in [0.1, 0.15) is 11.6 Å². The lowest BCUT2D eigenvalue weighted by Crippen LogP contribution is -2.09. The van der Waals surface area contributed by atoms with Crippen LogP contribution in [0.2, 0.25) is 0 Å². The van der Waals surface area contributed by atoms with Gasteiger partial charge in [0.15, 0.2) is 15.7 Å². The molecule has 0 aliphatic rings. The fourth-order valence-corrected chi connectivity index (χ4v) is 5.93. The molecule has 0 saturated carbocycles. The normalized spacial score (nSPS) is 12.0. The van der Waals surface area contributed by atoms with Crippen molar-refractivity contribution in [2.24, 2.45) is 0 Å². The first-order valence-electron chi connectivity index (χ1n) is 8.43. The van der Waals surface area contributed by atoms with E-state index >= 15 is 0 Å². The predicted molar refractivity (Wildman–Crippen MR) is 120 cm³/mol. The summed E-state index contributed by atoms with van der Waals surface area (Å²) in [4.78, 5) is 0.233. The summed E-state index contributed by atoms with van der Waals surface area (Å²) in [5.41, 5.74) is 2.41. The summed E-state index contributed by atoms with van der Waals surface area (Å²) in [6.07, 6.45) is 4.73. The fourth-order valence-electron chi connectivity index (χ4n) is 3.51. The Balaban J connectivity index is 1.95. The van der Waals surface area contributed by atoms with Gasteiger partial charge < -0.3 is 0 Å². The van der Waals surface area contributed by atoms with Crippen LogP contribution in [0.4, 0.5) is 4.39 Å². The number of nitrogens with zero attached hydrogens (tertiary/aromatic N) is 4. The molecular weight excluding hydrogens is 526 g/mol. The molecule has 4 aromatic rings. The molecule has 6 nitrogen and oxygen atoms in total. The summed E-state index contributed by atoms with van der Waals surface area (Å²) in [6, 6.07) is 8.41. The maximum atomic E-state index is 14.4. The molecule has 29 heavy (non-hydrogen) atoms. The Kier molecular flexibility index (Phi) is 5.08. The Bertz CT molecular complexity index is 1430. The number of aromatic nitrogens is 3. The van der Waals surface area contributed by atoms with E-state index in [1.54, 1.807) is 24.4 Å². The summed E-state index contributed by atoms with van der Waals surface area (Å²) in [6.45, 7) is 2.04. The molecular formula is C19H14FIN4O2S2. The second kappa shape index (κ2) is 7.30. The van der Waals surface area contributed by atoms with Crippen molar-refractivity contribution in [3.05, 3.63) is 59.2 Å². The molecule has 2 aromatic carbocycles. The molecule has 0 amide bonds. The van der Waals surface area contributed by atoms with Crippen LogP contribution in [0.3, 0.4) is 0 Å². The summed E-state index contributed by atoms with van der Waals surface area (Å²) in [5.74, 6) is -0.673. The van der Waals surface area contributed by atoms with Crippen molar-refractivity contribution in [1.82, 2.24) is 13.8 Å². The molecule has 0 radical (unpaired) electrons. The van der Waals surface area contributed by atoms with Gasteiger partial charge in [0.05, 0.1) is 22.5 Å². The van der Waals surface area contributed by atoms with E-state index in [4.69, 9.17) is 5.26 Å². The first-order valence-corrected chi connectivity index (χ1v) is 13.6. The lowest BCUT2D eigenvalue weighted by molar-refractivity contribution is 0.598. The van der Waals surface area contributed by atoms with Crippen LogP contribution in [0.15, 0.2) is 41.6 Å². The van der Waals surface area contributed by atoms with Crippen LogP contribution < -0.4 is 0 Å². The Morgan fingerprint density at radius 1 is 1.34 bits per heavy atom. The average molecular weight is 540 g/mol. The zero-order valence-electron chi connectivity index (χ0n) is 15.3. The molecule has 10 heteroatoms. The third-order valence-electron chi connectivity index (χ3n) is 4.77. The topological polar surface area (TPSA) is 80.7 Å². The Morgan fingerprint density at radius 2 is 2.10 bits per heavy atom. The van der Waals surface area contributed by atoms with Gasteiger partial charge in [-0.15, -0.1) is 0 Å². The maximum Gasteiger partial charge on any atom is 0.175 e. The number of fused-ring (bicyclic) bond motifs is 2. The summed E-state index contributed by atoms with van der Waals surface area (Å²) >= 11 is 2.17. The van der Waals surface area contributed by atoms with E-state index in [2.05, 4.69) is 26.3 Å². The number of rotatable bonds is 4. The Labute approximate surface area is 182 Å². The maximum absolute atomic E-state index is 14.4. The fraction of sp³-hybridized carbons (Fsp3) is 0.158. The molecule has 0 saturated heterocycles. The molecule has 4 rings (SSSR count). The third-order valence-corrected chi connectivity index (χ3v) is 7.66. The van der Waals surface area contributed by atoms with Crippen LogP contribution in [0.1, 0.15) is 16.7 Å². The van der Waals surface area contributed by atoms with Gasteiger partial charge in [-0.1, -0.05) is 0 Å². The van der Waals surface area contributed by atoms with Crippen LogP contribution in [0.5, 0.6) is 0 Å². The minimum absolute atomic E-state index is 0.0755. The Morgan fingerprint density at radius 3 is 2.76 bits per heavy atom. The monoisotopic (exact) mass is 540 g/mol. The van der Waals surface area contributed by atoms with E-state index in [0.717, 1.165) is 16.5 Å². The average Bonchev–Trinajstić information content (AvgIpc) is 3.28. The van der Waals surface area contributed by atoms with Crippen molar-refractivity contribution in [2.45, 2.75) is 18.4 Å². The van der Waals surface area contributed by atoms with Gasteiger partial charge in [-0.25, -0.2) is 12.8 Å². The van der Waals surface area contributed by atoms with Crippen molar-refractivity contribution in [2.75, 3.05) is 6.26 Å². The molecule has 0 atom stereocenters. The van der Waals surface area contributed by atoms with Gasteiger partial charge in [0.25, 0.3) is 0 Å². The molecule has 148 valence electrons. The SMILES string of the molecule is Cc1cc(S(C)(=O)=O)c(Cn2cc3ccc(C#N)c(F)c3n2)c2ccn(SI)c12. The molecule has 0 unspecified atom stereocenters. The smallest absolute Gasteiger partial charge is 0.175 e. The molecule has 2 heterocycles. The van der Waals surface area contributed by atoms with Gasteiger partial charge in [-0.3, -0.25) is 8.65 Å². The molecule has 0 bridgehead atoms. The second-order valence-corrected chi connectivity index (χ2v) is 10.4. The molecule has 2 aromatic heterocycles. The third kappa shape index (κ3) is 3.41. The first kappa shape index (κ1) is 20.2. The number of aryl methyl sites for hydroxylation is 1.